The van der Waals surface area contributed by atoms with Gasteiger partial charge >= 0.3 is 0 Å². The number of nitrogens with zero attached hydrogens (tertiary/aromatic N) is 1. The molecular formula is C17H19N3OS2. The molecule has 0 spiro atoms. The molecule has 0 atom stereocenters. The van der Waals surface area contributed by atoms with Crippen LogP contribution in [0.1, 0.15) is 23.0 Å². The number of rotatable bonds is 7. The third kappa shape index (κ3) is 3.96. The van der Waals surface area contributed by atoms with Crippen LogP contribution in [0.2, 0.25) is 0 Å². The molecular weight excluding hydrogens is 326 g/mol. The highest BCUT2D eigenvalue weighted by atomic mass is 32.1. The lowest BCUT2D eigenvalue weighted by Gasteiger charge is -2.04. The molecule has 2 N–H and O–H groups in total. The Bertz CT molecular complexity index is 761. The van der Waals surface area contributed by atoms with Gasteiger partial charge in [-0.05, 0) is 37.2 Å². The lowest BCUT2D eigenvalue weighted by molar-refractivity contribution is 0.0958. The van der Waals surface area contributed by atoms with Gasteiger partial charge in [-0.3, -0.25) is 4.79 Å². The van der Waals surface area contributed by atoms with Crippen LogP contribution in [0.3, 0.4) is 0 Å². The van der Waals surface area contributed by atoms with E-state index in [1.54, 1.807) is 11.3 Å². The first kappa shape index (κ1) is 16.1. The van der Waals surface area contributed by atoms with Gasteiger partial charge in [0.05, 0.1) is 20.0 Å². The van der Waals surface area contributed by atoms with Gasteiger partial charge in [-0.15, -0.1) is 22.7 Å². The Morgan fingerprint density at radius 1 is 1.09 bits per heavy atom. The summed E-state index contributed by atoms with van der Waals surface area (Å²) in [6, 6.07) is 11.9. The van der Waals surface area contributed by atoms with Crippen molar-refractivity contribution in [2.45, 2.75) is 13.3 Å². The quantitative estimate of drug-likeness (QED) is 0.641. The lowest BCUT2D eigenvalue weighted by Crippen LogP contribution is -2.31. The lowest BCUT2D eigenvalue weighted by atomic mass is 10.3. The van der Waals surface area contributed by atoms with Gasteiger partial charge < -0.3 is 10.6 Å². The van der Waals surface area contributed by atoms with Crippen LogP contribution >= 0.6 is 22.7 Å². The van der Waals surface area contributed by atoms with Crippen LogP contribution in [0.5, 0.6) is 0 Å². The fourth-order valence-corrected chi connectivity index (χ4v) is 4.15. The second-order valence-electron chi connectivity index (χ2n) is 5.16. The van der Waals surface area contributed by atoms with Crippen molar-refractivity contribution in [2.24, 2.45) is 0 Å². The number of hydrogen-bond acceptors (Lipinski definition) is 5. The summed E-state index contributed by atoms with van der Waals surface area (Å²) in [5.74, 6) is -0.0133. The van der Waals surface area contributed by atoms with Crippen molar-refractivity contribution in [1.82, 2.24) is 15.6 Å². The average molecular weight is 345 g/mol. The molecule has 3 aromatic rings. The van der Waals surface area contributed by atoms with Gasteiger partial charge in [0.2, 0.25) is 0 Å². The van der Waals surface area contributed by atoms with Crippen LogP contribution in [0.25, 0.3) is 20.1 Å². The number of carbonyl (C=O) groups excluding carboxylic acids is 1. The summed E-state index contributed by atoms with van der Waals surface area (Å²) in [6.45, 7) is 4.56. The van der Waals surface area contributed by atoms with Crippen molar-refractivity contribution in [3.63, 3.8) is 0 Å². The van der Waals surface area contributed by atoms with E-state index >= 15 is 0 Å². The Kier molecular flexibility index (Phi) is 5.38. The molecule has 0 aliphatic rings. The van der Waals surface area contributed by atoms with E-state index in [0.717, 1.165) is 39.8 Å². The highest BCUT2D eigenvalue weighted by molar-refractivity contribution is 7.26. The zero-order chi connectivity index (χ0) is 16.1. The summed E-state index contributed by atoms with van der Waals surface area (Å²) >= 11 is 3.15. The number of thiophene rings is 1. The number of nitrogens with one attached hydrogen (secondary N) is 2. The van der Waals surface area contributed by atoms with Crippen molar-refractivity contribution >= 4 is 38.8 Å². The Labute approximate surface area is 143 Å². The number of fused-ring (bicyclic) bond motifs is 1. The normalized spacial score (nSPS) is 11.0. The van der Waals surface area contributed by atoms with E-state index in [4.69, 9.17) is 0 Å². The zero-order valence-electron chi connectivity index (χ0n) is 13.0. The maximum Gasteiger partial charge on any atom is 0.261 e. The van der Waals surface area contributed by atoms with Crippen LogP contribution in [-0.4, -0.2) is 30.5 Å². The Hall–Kier alpha value is -1.76. The molecule has 120 valence electrons. The van der Waals surface area contributed by atoms with Crippen LogP contribution in [-0.2, 0) is 0 Å². The van der Waals surface area contributed by atoms with Crippen molar-refractivity contribution in [2.75, 3.05) is 19.6 Å². The molecule has 3 rings (SSSR count). The highest BCUT2D eigenvalue weighted by Crippen LogP contribution is 2.34. The number of para-hydroxylation sites is 1. The average Bonchev–Trinajstić information content (AvgIpc) is 3.21. The number of hydrogen-bond donors (Lipinski definition) is 2. The van der Waals surface area contributed by atoms with E-state index in [-0.39, 0.29) is 5.91 Å². The number of carbonyl (C=O) groups is 1. The molecule has 0 saturated carbocycles. The van der Waals surface area contributed by atoms with E-state index < -0.39 is 0 Å². The largest absolute Gasteiger partial charge is 0.350 e. The van der Waals surface area contributed by atoms with Gasteiger partial charge in [0.15, 0.2) is 0 Å². The minimum Gasteiger partial charge on any atom is -0.350 e. The number of thiazole rings is 1. The molecule has 0 fully saturated rings. The van der Waals surface area contributed by atoms with Crippen LogP contribution < -0.4 is 10.6 Å². The Balaban J connectivity index is 1.64. The van der Waals surface area contributed by atoms with Crippen LogP contribution in [0.4, 0.5) is 0 Å². The first-order valence-corrected chi connectivity index (χ1v) is 9.36. The molecule has 4 nitrogen and oxygen atoms in total. The molecule has 23 heavy (non-hydrogen) atoms. The topological polar surface area (TPSA) is 54.0 Å². The van der Waals surface area contributed by atoms with Gasteiger partial charge in [0.1, 0.15) is 5.01 Å². The third-order valence-corrected chi connectivity index (χ3v) is 5.64. The molecule has 6 heteroatoms. The second kappa shape index (κ2) is 7.68. The fourth-order valence-electron chi connectivity index (χ4n) is 2.21. The van der Waals surface area contributed by atoms with E-state index in [1.165, 1.54) is 16.0 Å². The summed E-state index contributed by atoms with van der Waals surface area (Å²) < 4.78 is 1.17. The Morgan fingerprint density at radius 3 is 2.78 bits per heavy atom. The standard InChI is InChI=1S/C17H19N3OS2/c1-2-9-18-10-11-19-16(21)14-7-8-15(22-14)17-20-12-5-3-4-6-13(12)23-17/h3-8,18H,2,9-11H2,1H3,(H,19,21). The predicted molar refractivity (Wildman–Crippen MR) is 98.4 cm³/mol. The molecule has 1 aromatic carbocycles. The van der Waals surface area contributed by atoms with E-state index in [1.807, 2.05) is 30.3 Å². The molecule has 0 saturated heterocycles. The molecule has 2 aromatic heterocycles. The number of amides is 1. The van der Waals surface area contributed by atoms with E-state index in [2.05, 4.69) is 28.6 Å². The maximum absolute atomic E-state index is 12.1. The van der Waals surface area contributed by atoms with Gasteiger partial charge in [0, 0.05) is 13.1 Å². The monoisotopic (exact) mass is 345 g/mol. The minimum absolute atomic E-state index is 0.0133. The first-order valence-electron chi connectivity index (χ1n) is 7.72. The van der Waals surface area contributed by atoms with Crippen LogP contribution in [0, 0.1) is 0 Å². The highest BCUT2D eigenvalue weighted by Gasteiger charge is 2.12. The molecule has 0 unspecified atom stereocenters. The molecule has 0 radical (unpaired) electrons. The maximum atomic E-state index is 12.1. The number of benzene rings is 1. The second-order valence-corrected chi connectivity index (χ2v) is 7.27. The van der Waals surface area contributed by atoms with E-state index in [9.17, 15) is 4.79 Å². The molecule has 0 aliphatic heterocycles. The summed E-state index contributed by atoms with van der Waals surface area (Å²) in [5.41, 5.74) is 1.01. The van der Waals surface area contributed by atoms with Gasteiger partial charge in [-0.2, -0.15) is 0 Å². The zero-order valence-corrected chi connectivity index (χ0v) is 14.6. The van der Waals surface area contributed by atoms with Crippen molar-refractivity contribution in [1.29, 1.82) is 0 Å². The summed E-state index contributed by atoms with van der Waals surface area (Å²) in [5, 5.41) is 7.18. The number of aromatic nitrogens is 1. The SMILES string of the molecule is CCCNCCNC(=O)c1ccc(-c2nc3ccccc3s2)s1. The van der Waals surface area contributed by atoms with Gasteiger partial charge in [0.25, 0.3) is 5.91 Å². The smallest absolute Gasteiger partial charge is 0.261 e. The third-order valence-electron chi connectivity index (χ3n) is 3.35. The van der Waals surface area contributed by atoms with Crippen molar-refractivity contribution in [3.8, 4) is 9.88 Å². The summed E-state index contributed by atoms with van der Waals surface area (Å²) in [6.07, 6.45) is 1.10. The fraction of sp³-hybridized carbons (Fsp3) is 0.294. The van der Waals surface area contributed by atoms with E-state index in [0.29, 0.717) is 6.54 Å². The van der Waals surface area contributed by atoms with Gasteiger partial charge in [-0.1, -0.05) is 19.1 Å². The van der Waals surface area contributed by atoms with Gasteiger partial charge in [-0.25, -0.2) is 4.98 Å². The first-order chi connectivity index (χ1) is 11.3. The van der Waals surface area contributed by atoms with Crippen molar-refractivity contribution < 1.29 is 4.79 Å². The molecule has 1 amide bonds. The Morgan fingerprint density at radius 2 is 1.96 bits per heavy atom. The molecule has 2 heterocycles. The molecule has 0 aliphatic carbocycles. The molecule has 0 bridgehead atoms. The van der Waals surface area contributed by atoms with Crippen molar-refractivity contribution in [3.05, 3.63) is 41.3 Å². The summed E-state index contributed by atoms with van der Waals surface area (Å²) in [7, 11) is 0. The predicted octanol–water partition coefficient (Wildman–Crippen LogP) is 3.75. The summed E-state index contributed by atoms with van der Waals surface area (Å²) in [4.78, 5) is 18.6. The minimum atomic E-state index is -0.0133. The van der Waals surface area contributed by atoms with Crippen LogP contribution in [0.15, 0.2) is 36.4 Å².